The summed E-state index contributed by atoms with van der Waals surface area (Å²) in [6.07, 6.45) is 2.74. The summed E-state index contributed by atoms with van der Waals surface area (Å²) in [5.41, 5.74) is 2.65. The van der Waals surface area contributed by atoms with Gasteiger partial charge in [0.1, 0.15) is 5.75 Å². The molecule has 1 N–H and O–H groups in total. The summed E-state index contributed by atoms with van der Waals surface area (Å²) in [5, 5.41) is 3.41. The monoisotopic (exact) mass is 414 g/mol. The van der Waals surface area contributed by atoms with Crippen molar-refractivity contribution in [2.75, 3.05) is 26.2 Å². The van der Waals surface area contributed by atoms with E-state index in [4.69, 9.17) is 16.3 Å². The number of nitrogens with zero attached hydrogens (tertiary/aromatic N) is 1. The Bertz CT molecular complexity index is 869. The number of carbonyl (C=O) groups excluding carboxylic acids is 2. The van der Waals surface area contributed by atoms with Crippen LogP contribution in [0.25, 0.3) is 0 Å². The zero-order valence-electron chi connectivity index (χ0n) is 16.7. The van der Waals surface area contributed by atoms with Gasteiger partial charge in [-0.3, -0.25) is 9.59 Å². The van der Waals surface area contributed by atoms with Crippen LogP contribution in [0.1, 0.15) is 40.7 Å². The van der Waals surface area contributed by atoms with Gasteiger partial charge in [-0.1, -0.05) is 35.9 Å². The highest BCUT2D eigenvalue weighted by Gasteiger charge is 2.17. The van der Waals surface area contributed by atoms with E-state index in [-0.39, 0.29) is 11.8 Å². The minimum atomic E-state index is -0.186. The maximum Gasteiger partial charge on any atom is 0.255 e. The summed E-state index contributed by atoms with van der Waals surface area (Å²) in [6, 6.07) is 13.1. The average molecular weight is 415 g/mol. The van der Waals surface area contributed by atoms with Crippen molar-refractivity contribution in [3.8, 4) is 5.75 Å². The van der Waals surface area contributed by atoms with E-state index >= 15 is 0 Å². The van der Waals surface area contributed by atoms with E-state index in [1.165, 1.54) is 0 Å². The number of aryl methyl sites for hydroxylation is 1. The maximum atomic E-state index is 12.9. The van der Waals surface area contributed by atoms with Crippen LogP contribution in [0, 0.1) is 6.92 Å². The van der Waals surface area contributed by atoms with Crippen molar-refractivity contribution in [1.29, 1.82) is 0 Å². The fourth-order valence-electron chi connectivity index (χ4n) is 3.41. The Morgan fingerprint density at radius 1 is 1.14 bits per heavy atom. The Morgan fingerprint density at radius 2 is 1.93 bits per heavy atom. The first-order valence-electron chi connectivity index (χ1n) is 10.1. The fourth-order valence-corrected chi connectivity index (χ4v) is 3.58. The molecule has 2 amide bonds. The molecule has 2 aromatic carbocycles. The predicted molar refractivity (Wildman–Crippen MR) is 115 cm³/mol. The van der Waals surface area contributed by atoms with E-state index in [0.29, 0.717) is 55.4 Å². The van der Waals surface area contributed by atoms with Crippen LogP contribution in [-0.2, 0) is 11.2 Å². The van der Waals surface area contributed by atoms with Crippen LogP contribution >= 0.6 is 11.6 Å². The van der Waals surface area contributed by atoms with Crippen molar-refractivity contribution in [3.05, 3.63) is 64.2 Å². The molecule has 0 atom stereocenters. The van der Waals surface area contributed by atoms with Gasteiger partial charge >= 0.3 is 0 Å². The van der Waals surface area contributed by atoms with E-state index in [9.17, 15) is 9.59 Å². The lowest BCUT2D eigenvalue weighted by molar-refractivity contribution is -0.130. The first-order chi connectivity index (χ1) is 14.0. The smallest absolute Gasteiger partial charge is 0.255 e. The number of halogens is 1. The number of nitrogens with one attached hydrogen (secondary N) is 1. The lowest BCUT2D eigenvalue weighted by Crippen LogP contribution is -2.35. The third kappa shape index (κ3) is 5.97. The van der Waals surface area contributed by atoms with E-state index in [1.54, 1.807) is 18.2 Å². The molecule has 0 saturated heterocycles. The fraction of sp³-hybridized carbons (Fsp3) is 0.391. The molecular weight excluding hydrogens is 388 g/mol. The van der Waals surface area contributed by atoms with Gasteiger partial charge in [-0.25, -0.2) is 0 Å². The molecule has 5 nitrogen and oxygen atoms in total. The Balaban J connectivity index is 1.67. The minimum absolute atomic E-state index is 0.130. The summed E-state index contributed by atoms with van der Waals surface area (Å²) in [7, 11) is 0. The lowest BCUT2D eigenvalue weighted by Gasteiger charge is -2.23. The van der Waals surface area contributed by atoms with Crippen molar-refractivity contribution in [1.82, 2.24) is 10.2 Å². The molecule has 0 fully saturated rings. The summed E-state index contributed by atoms with van der Waals surface area (Å²) in [4.78, 5) is 27.3. The van der Waals surface area contributed by atoms with Crippen molar-refractivity contribution < 1.29 is 14.3 Å². The third-order valence-electron chi connectivity index (χ3n) is 5.11. The molecule has 1 heterocycles. The van der Waals surface area contributed by atoms with Crippen molar-refractivity contribution in [2.24, 2.45) is 0 Å². The molecule has 0 spiro atoms. The zero-order valence-corrected chi connectivity index (χ0v) is 17.5. The molecule has 0 radical (unpaired) electrons. The van der Waals surface area contributed by atoms with Gasteiger partial charge in [-0.2, -0.15) is 0 Å². The number of ether oxygens (including phenoxy) is 1. The van der Waals surface area contributed by atoms with Crippen LogP contribution in [0.15, 0.2) is 42.5 Å². The normalized spacial score (nSPS) is 15.8. The first-order valence-corrected chi connectivity index (χ1v) is 10.5. The number of hydrogen-bond donors (Lipinski definition) is 1. The zero-order chi connectivity index (χ0) is 20.6. The highest BCUT2D eigenvalue weighted by atomic mass is 35.5. The van der Waals surface area contributed by atoms with Gasteiger partial charge in [0, 0.05) is 24.7 Å². The van der Waals surface area contributed by atoms with Crippen LogP contribution in [0.3, 0.4) is 0 Å². The highest BCUT2D eigenvalue weighted by Crippen LogP contribution is 2.23. The lowest BCUT2D eigenvalue weighted by atomic mass is 10.1. The maximum absolute atomic E-state index is 12.9. The number of rotatable bonds is 2. The van der Waals surface area contributed by atoms with Gasteiger partial charge in [0.05, 0.1) is 18.6 Å². The van der Waals surface area contributed by atoms with Crippen LogP contribution in [0.4, 0.5) is 0 Å². The molecular formula is C23H27ClN2O3. The van der Waals surface area contributed by atoms with Gasteiger partial charge in [-0.15, -0.1) is 0 Å². The Morgan fingerprint density at radius 3 is 2.76 bits per heavy atom. The van der Waals surface area contributed by atoms with Gasteiger partial charge in [0.2, 0.25) is 5.91 Å². The van der Waals surface area contributed by atoms with E-state index < -0.39 is 0 Å². The molecule has 3 rings (SSSR count). The number of benzene rings is 2. The van der Waals surface area contributed by atoms with Crippen LogP contribution < -0.4 is 10.1 Å². The number of amides is 2. The van der Waals surface area contributed by atoms with Gasteiger partial charge < -0.3 is 15.0 Å². The molecule has 1 aliphatic rings. The number of fused-ring (bicyclic) bond motifs is 1. The Labute approximate surface area is 177 Å². The second-order valence-electron chi connectivity index (χ2n) is 7.29. The molecule has 0 aromatic heterocycles. The highest BCUT2D eigenvalue weighted by molar-refractivity contribution is 6.31. The number of hydrogen-bond acceptors (Lipinski definition) is 3. The quantitative estimate of drug-likeness (QED) is 0.807. The third-order valence-corrected chi connectivity index (χ3v) is 5.35. The van der Waals surface area contributed by atoms with Gasteiger partial charge in [-0.05, 0) is 55.5 Å². The van der Waals surface area contributed by atoms with E-state index in [0.717, 1.165) is 24.0 Å². The van der Waals surface area contributed by atoms with E-state index in [2.05, 4.69) is 5.32 Å². The SMILES string of the molecule is Cc1ccccc1CC(=O)N1CCCCNC(=O)c2cc(Cl)ccc2OCCC1. The van der Waals surface area contributed by atoms with Gasteiger partial charge in [0.25, 0.3) is 5.91 Å². The predicted octanol–water partition coefficient (Wildman–Crippen LogP) is 4.01. The summed E-state index contributed by atoms with van der Waals surface area (Å²) >= 11 is 6.05. The van der Waals surface area contributed by atoms with Gasteiger partial charge in [0.15, 0.2) is 0 Å². The molecule has 0 bridgehead atoms. The first kappa shape index (κ1) is 21.2. The summed E-state index contributed by atoms with van der Waals surface area (Å²) in [5.74, 6) is 0.462. The molecule has 1 aliphatic heterocycles. The van der Waals surface area contributed by atoms with Crippen LogP contribution in [-0.4, -0.2) is 43.0 Å². The molecule has 2 aromatic rings. The molecule has 29 heavy (non-hydrogen) atoms. The van der Waals surface area contributed by atoms with Crippen molar-refractivity contribution in [3.63, 3.8) is 0 Å². The topological polar surface area (TPSA) is 58.6 Å². The number of carbonyl (C=O) groups is 2. The molecule has 0 saturated carbocycles. The summed E-state index contributed by atoms with van der Waals surface area (Å²) in [6.45, 7) is 4.32. The van der Waals surface area contributed by atoms with Crippen LogP contribution in [0.2, 0.25) is 5.02 Å². The Kier molecular flexibility index (Phi) is 7.53. The molecule has 0 unspecified atom stereocenters. The van der Waals surface area contributed by atoms with Crippen LogP contribution in [0.5, 0.6) is 5.75 Å². The van der Waals surface area contributed by atoms with E-state index in [1.807, 2.05) is 36.1 Å². The Hall–Kier alpha value is -2.53. The molecule has 6 heteroatoms. The second-order valence-corrected chi connectivity index (χ2v) is 7.73. The van der Waals surface area contributed by atoms with Crippen molar-refractivity contribution in [2.45, 2.75) is 32.6 Å². The average Bonchev–Trinajstić information content (AvgIpc) is 2.72. The molecule has 154 valence electrons. The minimum Gasteiger partial charge on any atom is -0.493 e. The largest absolute Gasteiger partial charge is 0.493 e. The molecule has 0 aliphatic carbocycles. The summed E-state index contributed by atoms with van der Waals surface area (Å²) < 4.78 is 5.83. The van der Waals surface area contributed by atoms with Crippen molar-refractivity contribution >= 4 is 23.4 Å². The standard InChI is InChI=1S/C23H27ClN2O3/c1-17-7-2-3-8-18(17)15-22(27)26-12-5-4-11-25-23(28)20-16-19(24)9-10-21(20)29-14-6-13-26/h2-3,7-10,16H,4-6,11-15H2,1H3,(H,25,28). The second kappa shape index (κ2) is 10.3.